The van der Waals surface area contributed by atoms with Crippen LogP contribution in [0.15, 0.2) is 39.1 Å². The summed E-state index contributed by atoms with van der Waals surface area (Å²) in [5, 5.41) is 3.05. The van der Waals surface area contributed by atoms with Crippen molar-refractivity contribution in [2.24, 2.45) is 0 Å². The van der Waals surface area contributed by atoms with E-state index in [9.17, 15) is 18.0 Å². The summed E-state index contributed by atoms with van der Waals surface area (Å²) in [5.74, 6) is -0.173. The molecule has 1 fully saturated rings. The number of amides is 1. The first-order valence-corrected chi connectivity index (χ1v) is 12.5. The lowest BCUT2D eigenvalue weighted by molar-refractivity contribution is -0.113. The van der Waals surface area contributed by atoms with Crippen LogP contribution >= 0.6 is 11.8 Å². The maximum Gasteiger partial charge on any atom is 0.251 e. The maximum absolute atomic E-state index is 13.1. The Labute approximate surface area is 190 Å². The first-order chi connectivity index (χ1) is 15.3. The van der Waals surface area contributed by atoms with Gasteiger partial charge in [0.05, 0.1) is 26.1 Å². The van der Waals surface area contributed by atoms with E-state index >= 15 is 0 Å². The number of thioether (sulfide) groups is 1. The van der Waals surface area contributed by atoms with Gasteiger partial charge in [-0.1, -0.05) is 25.1 Å². The Morgan fingerprint density at radius 1 is 1.31 bits per heavy atom. The summed E-state index contributed by atoms with van der Waals surface area (Å²) >= 11 is 1.10. The molecule has 2 N–H and O–H groups in total. The molecule has 2 aromatic rings. The van der Waals surface area contributed by atoms with Crippen LogP contribution in [0.4, 0.5) is 5.69 Å². The fraction of sp³-hybridized carbons (Fsp3) is 0.450. The number of aryl methyl sites for hydroxylation is 1. The molecular formula is C20H26N4O6S2. The summed E-state index contributed by atoms with van der Waals surface area (Å²) in [5.41, 5.74) is 0.733. The lowest BCUT2D eigenvalue weighted by Crippen LogP contribution is -2.40. The Bertz CT molecular complexity index is 1110. The molecule has 32 heavy (non-hydrogen) atoms. The average Bonchev–Trinajstić information content (AvgIpc) is 2.78. The number of nitrogens with zero attached hydrogens (tertiary/aromatic N) is 2. The molecule has 0 bridgehead atoms. The molecule has 3 rings (SSSR count). The fourth-order valence-electron chi connectivity index (χ4n) is 3.15. The molecule has 0 atom stereocenters. The number of ether oxygens (including phenoxy) is 2. The van der Waals surface area contributed by atoms with Gasteiger partial charge in [0.15, 0.2) is 5.16 Å². The van der Waals surface area contributed by atoms with Crippen molar-refractivity contribution >= 4 is 33.4 Å². The number of aromatic nitrogens is 2. The van der Waals surface area contributed by atoms with Gasteiger partial charge in [0.25, 0.3) is 5.56 Å². The van der Waals surface area contributed by atoms with E-state index in [2.05, 4.69) is 15.3 Å². The monoisotopic (exact) mass is 482 g/mol. The third-order valence-corrected chi connectivity index (χ3v) is 7.45. The van der Waals surface area contributed by atoms with Crippen LogP contribution in [0.25, 0.3) is 0 Å². The van der Waals surface area contributed by atoms with E-state index < -0.39 is 10.0 Å². The van der Waals surface area contributed by atoms with E-state index in [-0.39, 0.29) is 41.0 Å². The van der Waals surface area contributed by atoms with Crippen LogP contribution in [0.5, 0.6) is 5.75 Å². The van der Waals surface area contributed by atoms with E-state index in [1.165, 1.54) is 29.6 Å². The summed E-state index contributed by atoms with van der Waals surface area (Å²) in [4.78, 5) is 31.1. The number of hydrogen-bond acceptors (Lipinski definition) is 8. The number of methoxy groups -OCH3 is 1. The highest BCUT2D eigenvalue weighted by molar-refractivity contribution is 7.99. The number of carbonyl (C=O) groups excluding carboxylic acids is 1. The lowest BCUT2D eigenvalue weighted by atomic mass is 10.2. The number of benzene rings is 1. The van der Waals surface area contributed by atoms with Crippen molar-refractivity contribution in [1.82, 2.24) is 14.3 Å². The molecule has 1 aliphatic heterocycles. The zero-order valence-electron chi connectivity index (χ0n) is 17.9. The predicted octanol–water partition coefficient (Wildman–Crippen LogP) is 1.48. The molecule has 1 aromatic heterocycles. The normalized spacial score (nSPS) is 14.8. The van der Waals surface area contributed by atoms with Crippen LogP contribution in [-0.2, 0) is 26.0 Å². The summed E-state index contributed by atoms with van der Waals surface area (Å²) < 4.78 is 37.9. The second-order valence-electron chi connectivity index (χ2n) is 7.01. The van der Waals surface area contributed by atoms with Gasteiger partial charge >= 0.3 is 0 Å². The molecule has 1 aliphatic rings. The van der Waals surface area contributed by atoms with Crippen molar-refractivity contribution in [3.8, 4) is 5.75 Å². The number of aromatic amines is 1. The Balaban J connectivity index is 1.71. The molecular weight excluding hydrogens is 456 g/mol. The maximum atomic E-state index is 13.1. The van der Waals surface area contributed by atoms with Crippen molar-refractivity contribution in [1.29, 1.82) is 0 Å². The number of morpholine rings is 1. The zero-order valence-corrected chi connectivity index (χ0v) is 19.6. The molecule has 0 aliphatic carbocycles. The van der Waals surface area contributed by atoms with Gasteiger partial charge in [0, 0.05) is 30.5 Å². The molecule has 1 aromatic carbocycles. The van der Waals surface area contributed by atoms with Crippen molar-refractivity contribution in [3.05, 3.63) is 40.3 Å². The predicted molar refractivity (Wildman–Crippen MR) is 121 cm³/mol. The van der Waals surface area contributed by atoms with Gasteiger partial charge in [0.1, 0.15) is 10.6 Å². The van der Waals surface area contributed by atoms with E-state index in [1.54, 1.807) is 6.07 Å². The highest BCUT2D eigenvalue weighted by Gasteiger charge is 2.29. The Kier molecular flexibility index (Phi) is 8.29. The molecule has 174 valence electrons. The minimum Gasteiger partial charge on any atom is -0.495 e. The molecule has 12 heteroatoms. The van der Waals surface area contributed by atoms with Crippen molar-refractivity contribution in [2.75, 3.05) is 44.5 Å². The van der Waals surface area contributed by atoms with E-state index in [0.717, 1.165) is 18.2 Å². The molecule has 0 unspecified atom stereocenters. The van der Waals surface area contributed by atoms with Gasteiger partial charge in [-0.2, -0.15) is 4.31 Å². The third kappa shape index (κ3) is 6.09. The highest BCUT2D eigenvalue weighted by atomic mass is 32.2. The minimum atomic E-state index is -3.81. The van der Waals surface area contributed by atoms with Crippen LogP contribution in [0.2, 0.25) is 0 Å². The molecule has 10 nitrogen and oxygen atoms in total. The molecule has 0 spiro atoms. The molecule has 1 saturated heterocycles. The van der Waals surface area contributed by atoms with Crippen LogP contribution in [0, 0.1) is 0 Å². The number of hydrogen-bond donors (Lipinski definition) is 2. The first kappa shape index (κ1) is 24.2. The number of rotatable bonds is 9. The van der Waals surface area contributed by atoms with Crippen LogP contribution in [-0.4, -0.2) is 67.8 Å². The lowest BCUT2D eigenvalue weighted by Gasteiger charge is -2.26. The second-order valence-corrected chi connectivity index (χ2v) is 9.88. The SMILES string of the molecule is CCCc1cc(=O)[nH]c(SCC(=O)Nc2ccc(OC)c(S(=O)(=O)N3CCOCC3)c2)n1. The minimum absolute atomic E-state index is 0.00387. The van der Waals surface area contributed by atoms with Crippen molar-refractivity contribution in [3.63, 3.8) is 0 Å². The molecule has 0 saturated carbocycles. The van der Waals surface area contributed by atoms with Gasteiger partial charge in [-0.05, 0) is 24.6 Å². The summed E-state index contributed by atoms with van der Waals surface area (Å²) in [6.07, 6.45) is 1.53. The van der Waals surface area contributed by atoms with Crippen LogP contribution in [0.1, 0.15) is 19.0 Å². The van der Waals surface area contributed by atoms with Gasteiger partial charge < -0.3 is 19.8 Å². The number of carbonyl (C=O) groups is 1. The third-order valence-electron chi connectivity index (χ3n) is 4.65. The topological polar surface area (TPSA) is 131 Å². The van der Waals surface area contributed by atoms with E-state index in [1.807, 2.05) is 6.92 Å². The van der Waals surface area contributed by atoms with Crippen molar-refractivity contribution < 1.29 is 22.7 Å². The standard InChI is InChI=1S/C20H26N4O6S2/c1-3-4-14-12-18(25)23-20(22-14)31-13-19(26)21-15-5-6-16(29-2)17(11-15)32(27,28)24-7-9-30-10-8-24/h5-6,11-12H,3-4,7-10,13H2,1-2H3,(H,21,26)(H,22,23,25). The Hall–Kier alpha value is -2.41. The molecule has 2 heterocycles. The Morgan fingerprint density at radius 2 is 2.06 bits per heavy atom. The fourth-order valence-corrected chi connectivity index (χ4v) is 5.43. The van der Waals surface area contributed by atoms with Gasteiger partial charge in [0.2, 0.25) is 15.9 Å². The number of nitrogens with one attached hydrogen (secondary N) is 2. The molecule has 0 radical (unpaired) electrons. The summed E-state index contributed by atoms with van der Waals surface area (Å²) in [7, 11) is -2.42. The second kappa shape index (κ2) is 10.9. The number of anilines is 1. The van der Waals surface area contributed by atoms with Crippen LogP contribution < -0.4 is 15.6 Å². The van der Waals surface area contributed by atoms with E-state index in [0.29, 0.717) is 36.2 Å². The Morgan fingerprint density at radius 3 is 2.75 bits per heavy atom. The van der Waals surface area contributed by atoms with Gasteiger partial charge in [-0.3, -0.25) is 9.59 Å². The highest BCUT2D eigenvalue weighted by Crippen LogP contribution is 2.30. The zero-order chi connectivity index (χ0) is 23.1. The first-order valence-electron chi connectivity index (χ1n) is 10.1. The number of H-pyrrole nitrogens is 1. The quantitative estimate of drug-likeness (QED) is 0.406. The van der Waals surface area contributed by atoms with Gasteiger partial charge in [-0.25, -0.2) is 13.4 Å². The van der Waals surface area contributed by atoms with Crippen molar-refractivity contribution in [2.45, 2.75) is 29.8 Å². The van der Waals surface area contributed by atoms with Gasteiger partial charge in [-0.15, -0.1) is 0 Å². The smallest absolute Gasteiger partial charge is 0.251 e. The summed E-state index contributed by atoms with van der Waals surface area (Å²) in [6.45, 7) is 3.14. The van der Waals surface area contributed by atoms with E-state index in [4.69, 9.17) is 9.47 Å². The average molecular weight is 483 g/mol. The number of sulfonamides is 1. The summed E-state index contributed by atoms with van der Waals surface area (Å²) in [6, 6.07) is 5.90. The molecule has 1 amide bonds. The largest absolute Gasteiger partial charge is 0.495 e. The van der Waals surface area contributed by atoms with Crippen LogP contribution in [0.3, 0.4) is 0 Å².